The van der Waals surface area contributed by atoms with Crippen molar-refractivity contribution in [2.45, 2.75) is 6.92 Å². The van der Waals surface area contributed by atoms with Gasteiger partial charge in [0.25, 0.3) is 0 Å². The van der Waals surface area contributed by atoms with Gasteiger partial charge in [-0.05, 0) is 28.9 Å². The molecule has 1 rings (SSSR count). The molecule has 0 fully saturated rings. The largest absolute Gasteiger partial charge is 0.372 e. The van der Waals surface area contributed by atoms with Crippen LogP contribution in [0.25, 0.3) is 0 Å². The smallest absolute Gasteiger partial charge is 0.250 e. The summed E-state index contributed by atoms with van der Waals surface area (Å²) < 4.78 is 30.8. The summed E-state index contributed by atoms with van der Waals surface area (Å²) >= 11 is 2.91. The molecule has 0 aromatic heterocycles. The fourth-order valence-electron chi connectivity index (χ4n) is 1.03. The van der Waals surface area contributed by atoms with Gasteiger partial charge in [-0.25, -0.2) is 8.78 Å². The Balaban J connectivity index is 2.77. The number of hydrogen-bond donors (Lipinski definition) is 1. The lowest BCUT2D eigenvalue weighted by Gasteiger charge is -2.08. The molecule has 6 heteroatoms. The molecular weight excluding hydrogens is 284 g/mol. The number of halogens is 3. The van der Waals surface area contributed by atoms with Crippen LogP contribution in [0.4, 0.5) is 14.5 Å². The zero-order valence-electron chi connectivity index (χ0n) is 8.52. The first kappa shape index (κ1) is 13.1. The number of carbonyl (C=O) groups is 1. The van der Waals surface area contributed by atoms with E-state index in [4.69, 9.17) is 4.74 Å². The second-order valence-corrected chi connectivity index (χ2v) is 3.73. The number of amides is 1. The number of hydrogen-bond acceptors (Lipinski definition) is 2. The third kappa shape index (κ3) is 3.53. The molecule has 1 amide bonds. The fourth-order valence-corrected chi connectivity index (χ4v) is 1.36. The van der Waals surface area contributed by atoms with Crippen LogP contribution in [0.3, 0.4) is 0 Å². The van der Waals surface area contributed by atoms with Crippen molar-refractivity contribution < 1.29 is 18.3 Å². The number of ether oxygens (including phenoxy) is 1. The molecule has 1 aromatic rings. The maximum atomic E-state index is 13.1. The van der Waals surface area contributed by atoms with E-state index >= 15 is 0 Å². The molecular formula is C10H10BrF2NO2. The average molecular weight is 294 g/mol. The third-order valence-corrected chi connectivity index (χ3v) is 2.51. The Labute approximate surface area is 99.9 Å². The van der Waals surface area contributed by atoms with Gasteiger partial charge in [0.05, 0.1) is 10.2 Å². The van der Waals surface area contributed by atoms with Gasteiger partial charge in [-0.1, -0.05) is 0 Å². The van der Waals surface area contributed by atoms with Crippen molar-refractivity contribution in [3.05, 3.63) is 28.2 Å². The molecule has 0 atom stereocenters. The Morgan fingerprint density at radius 1 is 1.50 bits per heavy atom. The normalized spacial score (nSPS) is 10.2. The third-order valence-electron chi connectivity index (χ3n) is 1.70. The molecule has 1 aromatic carbocycles. The molecule has 3 nitrogen and oxygen atoms in total. The highest BCUT2D eigenvalue weighted by Gasteiger charge is 2.11. The Bertz CT molecular complexity index is 399. The molecule has 0 saturated heterocycles. The van der Waals surface area contributed by atoms with Crippen LogP contribution >= 0.6 is 15.9 Å². The van der Waals surface area contributed by atoms with Crippen molar-refractivity contribution in [1.29, 1.82) is 0 Å². The van der Waals surface area contributed by atoms with Crippen LogP contribution in [0.2, 0.25) is 0 Å². The van der Waals surface area contributed by atoms with E-state index < -0.39 is 17.5 Å². The van der Waals surface area contributed by atoms with E-state index in [1.807, 2.05) is 0 Å². The van der Waals surface area contributed by atoms with Gasteiger partial charge in [-0.15, -0.1) is 0 Å². The van der Waals surface area contributed by atoms with Gasteiger partial charge in [0.1, 0.15) is 18.2 Å². The van der Waals surface area contributed by atoms with Crippen molar-refractivity contribution in [2.75, 3.05) is 18.5 Å². The maximum absolute atomic E-state index is 13.1. The molecule has 0 heterocycles. The van der Waals surface area contributed by atoms with E-state index in [0.29, 0.717) is 6.61 Å². The first-order valence-corrected chi connectivity index (χ1v) is 5.36. The predicted octanol–water partition coefficient (Wildman–Crippen LogP) is 2.70. The SMILES string of the molecule is CCOCC(=O)Nc1cc(F)cc(F)c1Br. The molecule has 16 heavy (non-hydrogen) atoms. The Morgan fingerprint density at radius 2 is 2.19 bits per heavy atom. The van der Waals surface area contributed by atoms with Crippen molar-refractivity contribution >= 4 is 27.5 Å². The highest BCUT2D eigenvalue weighted by Crippen LogP contribution is 2.26. The molecule has 1 N–H and O–H groups in total. The lowest BCUT2D eigenvalue weighted by molar-refractivity contribution is -0.120. The molecule has 0 unspecified atom stereocenters. The zero-order chi connectivity index (χ0) is 12.1. The van der Waals surface area contributed by atoms with E-state index in [-0.39, 0.29) is 16.8 Å². The summed E-state index contributed by atoms with van der Waals surface area (Å²) in [4.78, 5) is 11.2. The van der Waals surface area contributed by atoms with Gasteiger partial charge >= 0.3 is 0 Å². The number of anilines is 1. The van der Waals surface area contributed by atoms with Crippen LogP contribution < -0.4 is 5.32 Å². The van der Waals surface area contributed by atoms with Crippen LogP contribution in [0, 0.1) is 11.6 Å². The van der Waals surface area contributed by atoms with Crippen LogP contribution in [0.1, 0.15) is 6.92 Å². The minimum atomic E-state index is -0.772. The maximum Gasteiger partial charge on any atom is 0.250 e. The number of rotatable bonds is 4. The van der Waals surface area contributed by atoms with Crippen LogP contribution in [0.5, 0.6) is 0 Å². The first-order chi connectivity index (χ1) is 7.54. The minimum Gasteiger partial charge on any atom is -0.372 e. The molecule has 0 aliphatic heterocycles. The Kier molecular flexibility index (Phi) is 4.82. The molecule has 0 aliphatic rings. The van der Waals surface area contributed by atoms with Gasteiger partial charge in [0.15, 0.2) is 0 Å². The quantitative estimate of drug-likeness (QED) is 0.867. The lowest BCUT2D eigenvalue weighted by atomic mass is 10.3. The van der Waals surface area contributed by atoms with Crippen molar-refractivity contribution in [3.8, 4) is 0 Å². The number of benzene rings is 1. The van der Waals surface area contributed by atoms with Crippen LogP contribution in [-0.2, 0) is 9.53 Å². The molecule has 88 valence electrons. The highest BCUT2D eigenvalue weighted by molar-refractivity contribution is 9.10. The monoisotopic (exact) mass is 293 g/mol. The van der Waals surface area contributed by atoms with Gasteiger partial charge < -0.3 is 10.1 Å². The van der Waals surface area contributed by atoms with Crippen LogP contribution in [0.15, 0.2) is 16.6 Å². The van der Waals surface area contributed by atoms with Crippen molar-refractivity contribution in [1.82, 2.24) is 0 Å². The van der Waals surface area contributed by atoms with Crippen molar-refractivity contribution in [2.24, 2.45) is 0 Å². The van der Waals surface area contributed by atoms with Crippen LogP contribution in [-0.4, -0.2) is 19.1 Å². The van der Waals surface area contributed by atoms with E-state index in [1.54, 1.807) is 6.92 Å². The van der Waals surface area contributed by atoms with Gasteiger partial charge in [-0.3, -0.25) is 4.79 Å². The topological polar surface area (TPSA) is 38.3 Å². The minimum absolute atomic E-state index is 0.0127. The number of nitrogens with one attached hydrogen (secondary N) is 1. The summed E-state index contributed by atoms with van der Waals surface area (Å²) in [6, 6.07) is 1.75. The highest BCUT2D eigenvalue weighted by atomic mass is 79.9. The standard InChI is InChI=1S/C10H10BrF2NO2/c1-2-16-5-9(15)14-8-4-6(12)3-7(13)10(8)11/h3-4H,2,5H2,1H3,(H,14,15). The van der Waals surface area contributed by atoms with Gasteiger partial charge in [0, 0.05) is 12.7 Å². The summed E-state index contributed by atoms with van der Waals surface area (Å²) in [5.41, 5.74) is 0.0437. The Morgan fingerprint density at radius 3 is 2.81 bits per heavy atom. The van der Waals surface area contributed by atoms with Crippen molar-refractivity contribution in [3.63, 3.8) is 0 Å². The van der Waals surface area contributed by atoms with E-state index in [1.165, 1.54) is 0 Å². The predicted molar refractivity (Wildman–Crippen MR) is 59.2 cm³/mol. The summed E-state index contributed by atoms with van der Waals surface area (Å²) in [6.45, 7) is 1.98. The second kappa shape index (κ2) is 5.91. The Hall–Kier alpha value is -1.01. The molecule has 0 aliphatic carbocycles. The summed E-state index contributed by atoms with van der Waals surface area (Å²) in [7, 11) is 0. The van der Waals surface area contributed by atoms with Gasteiger partial charge in [0.2, 0.25) is 5.91 Å². The molecule has 0 spiro atoms. The molecule has 0 saturated carbocycles. The fraction of sp³-hybridized carbons (Fsp3) is 0.300. The number of carbonyl (C=O) groups excluding carboxylic acids is 1. The van der Waals surface area contributed by atoms with E-state index in [2.05, 4.69) is 21.2 Å². The molecule has 0 bridgehead atoms. The lowest BCUT2D eigenvalue weighted by Crippen LogP contribution is -2.18. The van der Waals surface area contributed by atoms with Gasteiger partial charge in [-0.2, -0.15) is 0 Å². The first-order valence-electron chi connectivity index (χ1n) is 4.56. The summed E-state index contributed by atoms with van der Waals surface area (Å²) in [6.07, 6.45) is 0. The second-order valence-electron chi connectivity index (χ2n) is 2.93. The summed E-state index contributed by atoms with van der Waals surface area (Å²) in [5.74, 6) is -1.99. The molecule has 0 radical (unpaired) electrons. The summed E-state index contributed by atoms with van der Waals surface area (Å²) in [5, 5.41) is 2.34. The average Bonchev–Trinajstić information content (AvgIpc) is 2.22. The van der Waals surface area contributed by atoms with E-state index in [0.717, 1.165) is 12.1 Å². The zero-order valence-corrected chi connectivity index (χ0v) is 10.1. The van der Waals surface area contributed by atoms with E-state index in [9.17, 15) is 13.6 Å².